The normalized spacial score (nSPS) is 10.6. The molecule has 3 rings (SSSR count). The van der Waals surface area contributed by atoms with E-state index in [1.54, 1.807) is 23.5 Å². The minimum absolute atomic E-state index is 0.102. The van der Waals surface area contributed by atoms with Crippen LogP contribution in [0.25, 0.3) is 9.40 Å². The molecule has 0 aliphatic rings. The van der Waals surface area contributed by atoms with E-state index in [2.05, 4.69) is 10.3 Å². The van der Waals surface area contributed by atoms with Crippen molar-refractivity contribution in [1.82, 2.24) is 4.98 Å². The van der Waals surface area contributed by atoms with Crippen LogP contribution in [0.1, 0.15) is 20.2 Å². The average molecular weight is 304 g/mol. The Hall–Kier alpha value is -2.25. The molecule has 0 saturated heterocycles. The van der Waals surface area contributed by atoms with Gasteiger partial charge in [0.15, 0.2) is 5.69 Å². The molecule has 3 heterocycles. The molecule has 0 aliphatic carbocycles. The van der Waals surface area contributed by atoms with Crippen molar-refractivity contribution in [1.29, 1.82) is 0 Å². The van der Waals surface area contributed by atoms with Gasteiger partial charge in [-0.3, -0.25) is 4.79 Å². The highest BCUT2D eigenvalue weighted by molar-refractivity contribution is 7.27. The lowest BCUT2D eigenvalue weighted by molar-refractivity contribution is 0.0690. The summed E-state index contributed by atoms with van der Waals surface area (Å²) in [6.45, 7) is 0. The van der Waals surface area contributed by atoms with Crippen molar-refractivity contribution >= 4 is 49.8 Å². The second-order valence-electron chi connectivity index (χ2n) is 3.93. The average Bonchev–Trinajstić information content (AvgIpc) is 2.99. The zero-order valence-electron chi connectivity index (χ0n) is 9.99. The number of nitrogens with one attached hydrogen (secondary N) is 1. The molecular weight excluding hydrogens is 296 g/mol. The van der Waals surface area contributed by atoms with Crippen LogP contribution >= 0.6 is 22.7 Å². The van der Waals surface area contributed by atoms with E-state index in [-0.39, 0.29) is 17.4 Å². The highest BCUT2D eigenvalue weighted by Gasteiger charge is 2.13. The fraction of sp³-hybridized carbons (Fsp3) is 0. The number of aromatic nitrogens is 1. The molecule has 1 amide bonds. The first-order chi connectivity index (χ1) is 9.63. The van der Waals surface area contributed by atoms with Gasteiger partial charge in [-0.05, 0) is 29.6 Å². The lowest BCUT2D eigenvalue weighted by atomic mass is 10.3. The number of amides is 1. The number of thiophene rings is 2. The highest BCUT2D eigenvalue weighted by Crippen LogP contribution is 2.30. The number of nitrogens with zero attached hydrogens (tertiary/aromatic N) is 1. The van der Waals surface area contributed by atoms with Gasteiger partial charge in [0.25, 0.3) is 5.91 Å². The fourth-order valence-corrected chi connectivity index (χ4v) is 3.68. The van der Waals surface area contributed by atoms with Crippen molar-refractivity contribution in [3.63, 3.8) is 0 Å². The first kappa shape index (κ1) is 12.8. The Bertz CT molecular complexity index is 778. The molecule has 100 valence electrons. The number of hydrogen-bond acceptors (Lipinski definition) is 5. The molecule has 0 bridgehead atoms. The molecule has 5 nitrogen and oxygen atoms in total. The van der Waals surface area contributed by atoms with Crippen LogP contribution in [0.3, 0.4) is 0 Å². The second kappa shape index (κ2) is 5.03. The van der Waals surface area contributed by atoms with Crippen molar-refractivity contribution in [3.8, 4) is 0 Å². The summed E-state index contributed by atoms with van der Waals surface area (Å²) in [4.78, 5) is 27.3. The predicted octanol–water partition coefficient (Wildman–Crippen LogP) is 3.31. The lowest BCUT2D eigenvalue weighted by Gasteiger charge is -2.03. The van der Waals surface area contributed by atoms with Crippen molar-refractivity contribution in [2.45, 2.75) is 0 Å². The van der Waals surface area contributed by atoms with Crippen LogP contribution in [0.5, 0.6) is 0 Å². The van der Waals surface area contributed by atoms with Crippen LogP contribution in [0.4, 0.5) is 5.82 Å². The number of rotatable bonds is 3. The monoisotopic (exact) mass is 304 g/mol. The summed E-state index contributed by atoms with van der Waals surface area (Å²) in [7, 11) is 0. The zero-order valence-corrected chi connectivity index (χ0v) is 11.6. The van der Waals surface area contributed by atoms with E-state index in [0.717, 1.165) is 9.40 Å². The summed E-state index contributed by atoms with van der Waals surface area (Å²) in [5.74, 6) is -1.18. The molecule has 0 radical (unpaired) electrons. The Morgan fingerprint density at radius 3 is 2.80 bits per heavy atom. The maximum Gasteiger partial charge on any atom is 0.354 e. The van der Waals surface area contributed by atoms with E-state index in [9.17, 15) is 9.59 Å². The first-order valence-electron chi connectivity index (χ1n) is 5.62. The molecule has 0 saturated carbocycles. The van der Waals surface area contributed by atoms with Crippen molar-refractivity contribution in [2.24, 2.45) is 0 Å². The maximum absolute atomic E-state index is 12.1. The summed E-state index contributed by atoms with van der Waals surface area (Å²) < 4.78 is 2.12. The van der Waals surface area contributed by atoms with Gasteiger partial charge in [-0.2, -0.15) is 0 Å². The summed E-state index contributed by atoms with van der Waals surface area (Å²) in [5, 5.41) is 13.4. The van der Waals surface area contributed by atoms with Crippen molar-refractivity contribution in [3.05, 3.63) is 46.3 Å². The zero-order chi connectivity index (χ0) is 14.1. The highest BCUT2D eigenvalue weighted by atomic mass is 32.1. The van der Waals surface area contributed by atoms with E-state index in [0.29, 0.717) is 4.88 Å². The van der Waals surface area contributed by atoms with Crippen molar-refractivity contribution < 1.29 is 14.7 Å². The molecule has 7 heteroatoms. The third kappa shape index (κ3) is 2.40. The van der Waals surface area contributed by atoms with Crippen LogP contribution in [0.15, 0.2) is 35.7 Å². The van der Waals surface area contributed by atoms with E-state index in [1.165, 1.54) is 17.4 Å². The van der Waals surface area contributed by atoms with E-state index < -0.39 is 5.97 Å². The summed E-state index contributed by atoms with van der Waals surface area (Å²) >= 11 is 2.97. The Kier molecular flexibility index (Phi) is 3.21. The first-order valence-corrected chi connectivity index (χ1v) is 7.32. The van der Waals surface area contributed by atoms with Gasteiger partial charge in [0, 0.05) is 9.40 Å². The van der Waals surface area contributed by atoms with E-state index in [1.807, 2.05) is 17.5 Å². The van der Waals surface area contributed by atoms with Gasteiger partial charge in [-0.25, -0.2) is 9.78 Å². The summed E-state index contributed by atoms with van der Waals surface area (Å²) in [6, 6.07) is 8.25. The van der Waals surface area contributed by atoms with Gasteiger partial charge in [-0.1, -0.05) is 6.07 Å². The number of carbonyl (C=O) groups is 2. The molecule has 2 N–H and O–H groups in total. The van der Waals surface area contributed by atoms with Gasteiger partial charge in [0.2, 0.25) is 0 Å². The van der Waals surface area contributed by atoms with Gasteiger partial charge in [0.05, 0.1) is 4.88 Å². The van der Waals surface area contributed by atoms with Crippen LogP contribution in [-0.4, -0.2) is 22.0 Å². The Morgan fingerprint density at radius 1 is 1.20 bits per heavy atom. The predicted molar refractivity (Wildman–Crippen MR) is 78.9 cm³/mol. The van der Waals surface area contributed by atoms with E-state index >= 15 is 0 Å². The molecule has 3 aromatic rings. The Balaban J connectivity index is 1.83. The third-order valence-corrected chi connectivity index (χ3v) is 4.67. The quantitative estimate of drug-likeness (QED) is 0.778. The van der Waals surface area contributed by atoms with Crippen molar-refractivity contribution in [2.75, 3.05) is 5.32 Å². The number of carboxylic acid groups (broad SMARTS) is 1. The van der Waals surface area contributed by atoms with Gasteiger partial charge >= 0.3 is 5.97 Å². The number of pyridine rings is 1. The molecule has 20 heavy (non-hydrogen) atoms. The van der Waals surface area contributed by atoms with Crippen LogP contribution in [0.2, 0.25) is 0 Å². The van der Waals surface area contributed by atoms with Gasteiger partial charge < -0.3 is 10.4 Å². The van der Waals surface area contributed by atoms with Gasteiger partial charge in [-0.15, -0.1) is 22.7 Å². The maximum atomic E-state index is 12.1. The second-order valence-corrected chi connectivity index (χ2v) is 5.96. The van der Waals surface area contributed by atoms with Crippen LogP contribution < -0.4 is 5.32 Å². The summed E-state index contributed by atoms with van der Waals surface area (Å²) in [5.41, 5.74) is -0.102. The number of hydrogen-bond donors (Lipinski definition) is 2. The molecule has 0 fully saturated rings. The molecule has 3 aromatic heterocycles. The lowest BCUT2D eigenvalue weighted by Crippen LogP contribution is -2.12. The number of carbonyl (C=O) groups excluding carboxylic acids is 1. The number of aromatic carboxylic acids is 1. The number of anilines is 1. The molecule has 0 aliphatic heterocycles. The smallest absolute Gasteiger partial charge is 0.354 e. The SMILES string of the molecule is O=C(O)c1cccc(NC(=O)c2cc3sccc3s2)n1. The largest absolute Gasteiger partial charge is 0.477 e. The minimum Gasteiger partial charge on any atom is -0.477 e. The molecule has 0 unspecified atom stereocenters. The van der Waals surface area contributed by atoms with E-state index in [4.69, 9.17) is 5.11 Å². The Labute approximate surface area is 121 Å². The van der Waals surface area contributed by atoms with Gasteiger partial charge in [0.1, 0.15) is 5.82 Å². The topological polar surface area (TPSA) is 79.3 Å². The van der Waals surface area contributed by atoms with Crippen LogP contribution in [0, 0.1) is 0 Å². The Morgan fingerprint density at radius 2 is 2.05 bits per heavy atom. The fourth-order valence-electron chi connectivity index (χ4n) is 1.68. The van der Waals surface area contributed by atoms with Crippen LogP contribution in [-0.2, 0) is 0 Å². The molecule has 0 atom stereocenters. The summed E-state index contributed by atoms with van der Waals surface area (Å²) in [6.07, 6.45) is 0. The number of carboxylic acids is 1. The molecule has 0 aromatic carbocycles. The third-order valence-electron chi connectivity index (χ3n) is 2.57. The number of fused-ring (bicyclic) bond motifs is 1. The molecular formula is C13H8N2O3S2. The molecule has 0 spiro atoms. The standard InChI is InChI=1S/C13H8N2O3S2/c16-12(10-6-9-8(20-10)4-5-19-9)15-11-3-1-2-7(14-11)13(17)18/h1-6H,(H,17,18)(H,14,15,16). The minimum atomic E-state index is -1.13.